The summed E-state index contributed by atoms with van der Waals surface area (Å²) in [6.45, 7) is 10.9. The Labute approximate surface area is 102 Å². The van der Waals surface area contributed by atoms with Gasteiger partial charge in [-0.3, -0.25) is 4.90 Å². The number of halogens is 1. The maximum absolute atomic E-state index is 5.39. The van der Waals surface area contributed by atoms with E-state index in [9.17, 15) is 0 Å². The Morgan fingerprint density at radius 1 is 1.07 bits per heavy atom. The predicted octanol–water partition coefficient (Wildman–Crippen LogP) is 1.43. The van der Waals surface area contributed by atoms with Gasteiger partial charge in [0.25, 0.3) is 0 Å². The second kappa shape index (κ2) is 8.50. The Bertz CT molecular complexity index is 158. The number of hydrogen-bond donors (Lipinski definition) is 0. The van der Waals surface area contributed by atoms with E-state index in [1.54, 1.807) is 0 Å². The number of rotatable bonds is 6. The highest BCUT2D eigenvalue weighted by Crippen LogP contribution is 2.03. The molecule has 0 spiro atoms. The first-order chi connectivity index (χ1) is 7.36. The Hall–Kier alpha value is 0.360. The van der Waals surface area contributed by atoms with Crippen molar-refractivity contribution in [1.82, 2.24) is 9.80 Å². The molecule has 1 fully saturated rings. The average molecular weight is 279 g/mol. The Balaban J connectivity index is 2.14. The van der Waals surface area contributed by atoms with Crippen LogP contribution in [0.5, 0.6) is 0 Å². The van der Waals surface area contributed by atoms with Gasteiger partial charge in [-0.1, -0.05) is 15.9 Å². The minimum Gasteiger partial charge on any atom is -0.380 e. The molecule has 15 heavy (non-hydrogen) atoms. The van der Waals surface area contributed by atoms with Gasteiger partial charge in [-0.25, -0.2) is 0 Å². The summed E-state index contributed by atoms with van der Waals surface area (Å²) in [6, 6.07) is 0. The highest BCUT2D eigenvalue weighted by molar-refractivity contribution is 9.09. The molecule has 0 aliphatic carbocycles. The van der Waals surface area contributed by atoms with Crippen LogP contribution in [0.1, 0.15) is 13.3 Å². The van der Waals surface area contributed by atoms with Gasteiger partial charge >= 0.3 is 0 Å². The lowest BCUT2D eigenvalue weighted by atomic mass is 10.4. The number of alkyl halides is 1. The third-order valence-electron chi connectivity index (χ3n) is 2.84. The lowest BCUT2D eigenvalue weighted by molar-refractivity contribution is 0.114. The van der Waals surface area contributed by atoms with Gasteiger partial charge in [0.2, 0.25) is 0 Å². The molecule has 1 heterocycles. The zero-order chi connectivity index (χ0) is 10.9. The summed E-state index contributed by atoms with van der Waals surface area (Å²) in [5.41, 5.74) is 0. The minimum atomic E-state index is 0.837. The van der Waals surface area contributed by atoms with Crippen LogP contribution in [0, 0.1) is 0 Å². The summed E-state index contributed by atoms with van der Waals surface area (Å²) in [5.74, 6) is 0. The number of ether oxygens (including phenoxy) is 1. The van der Waals surface area contributed by atoms with Crippen LogP contribution in [0.3, 0.4) is 0 Å². The topological polar surface area (TPSA) is 15.7 Å². The van der Waals surface area contributed by atoms with Gasteiger partial charge in [-0.05, 0) is 26.4 Å². The molecular weight excluding hydrogens is 256 g/mol. The third kappa shape index (κ3) is 5.85. The van der Waals surface area contributed by atoms with Crippen LogP contribution in [0.25, 0.3) is 0 Å². The Morgan fingerprint density at radius 2 is 1.73 bits per heavy atom. The molecule has 1 rings (SSSR count). The first-order valence-electron chi connectivity index (χ1n) is 5.95. The van der Waals surface area contributed by atoms with Gasteiger partial charge in [0.05, 0.1) is 6.61 Å². The van der Waals surface area contributed by atoms with E-state index in [-0.39, 0.29) is 0 Å². The van der Waals surface area contributed by atoms with E-state index >= 15 is 0 Å². The monoisotopic (exact) mass is 278 g/mol. The first-order valence-corrected chi connectivity index (χ1v) is 7.07. The zero-order valence-corrected chi connectivity index (χ0v) is 11.3. The number of hydrogen-bond acceptors (Lipinski definition) is 3. The normalized spacial score (nSPS) is 20.4. The molecule has 0 aromatic heterocycles. The maximum atomic E-state index is 5.39. The summed E-state index contributed by atoms with van der Waals surface area (Å²) in [5, 5.41) is 1.09. The average Bonchev–Trinajstić information content (AvgIpc) is 2.45. The molecule has 1 aliphatic heterocycles. The molecule has 0 atom stereocenters. The third-order valence-corrected chi connectivity index (χ3v) is 3.19. The smallest absolute Gasteiger partial charge is 0.0593 e. The quantitative estimate of drug-likeness (QED) is 0.540. The fourth-order valence-corrected chi connectivity index (χ4v) is 2.43. The molecule has 0 aromatic carbocycles. The molecule has 0 bridgehead atoms. The molecule has 1 saturated heterocycles. The van der Waals surface area contributed by atoms with Gasteiger partial charge in [-0.15, -0.1) is 0 Å². The second-order valence-corrected chi connectivity index (χ2v) is 4.72. The fraction of sp³-hybridized carbons (Fsp3) is 1.00. The van der Waals surface area contributed by atoms with Crippen LogP contribution in [-0.2, 0) is 4.74 Å². The van der Waals surface area contributed by atoms with Crippen LogP contribution >= 0.6 is 15.9 Å². The molecule has 0 saturated carbocycles. The first kappa shape index (κ1) is 13.4. The van der Waals surface area contributed by atoms with E-state index in [1.807, 2.05) is 0 Å². The fourth-order valence-electron chi connectivity index (χ4n) is 1.93. The van der Waals surface area contributed by atoms with Crippen molar-refractivity contribution in [2.75, 3.05) is 57.8 Å². The largest absolute Gasteiger partial charge is 0.380 e. The SMILES string of the molecule is CCOCCN1CCCN(CCBr)CC1. The summed E-state index contributed by atoms with van der Waals surface area (Å²) < 4.78 is 5.39. The highest BCUT2D eigenvalue weighted by atomic mass is 79.9. The molecule has 0 amide bonds. The van der Waals surface area contributed by atoms with Crippen molar-refractivity contribution in [1.29, 1.82) is 0 Å². The highest BCUT2D eigenvalue weighted by Gasteiger charge is 2.13. The molecule has 0 N–H and O–H groups in total. The van der Waals surface area contributed by atoms with E-state index in [4.69, 9.17) is 4.74 Å². The second-order valence-electron chi connectivity index (χ2n) is 3.92. The molecular formula is C11H23BrN2O. The lowest BCUT2D eigenvalue weighted by Crippen LogP contribution is -2.33. The van der Waals surface area contributed by atoms with Crippen molar-refractivity contribution in [3.8, 4) is 0 Å². The van der Waals surface area contributed by atoms with Crippen LogP contribution < -0.4 is 0 Å². The Morgan fingerprint density at radius 3 is 2.33 bits per heavy atom. The van der Waals surface area contributed by atoms with Gasteiger partial charge in [0.15, 0.2) is 0 Å². The van der Waals surface area contributed by atoms with E-state index in [0.717, 1.165) is 25.1 Å². The van der Waals surface area contributed by atoms with Crippen LogP contribution in [-0.4, -0.2) is 67.6 Å². The zero-order valence-electron chi connectivity index (χ0n) is 9.75. The van der Waals surface area contributed by atoms with E-state index in [1.165, 1.54) is 39.1 Å². The molecule has 1 aliphatic rings. The standard InChI is InChI=1S/C11H23BrN2O/c1-2-15-11-10-14-6-3-5-13(7-4-12)8-9-14/h2-11H2,1H3. The van der Waals surface area contributed by atoms with E-state index < -0.39 is 0 Å². The van der Waals surface area contributed by atoms with Crippen LogP contribution in [0.4, 0.5) is 0 Å². The Kier molecular flexibility index (Phi) is 7.61. The molecule has 3 nitrogen and oxygen atoms in total. The van der Waals surface area contributed by atoms with Crippen molar-refractivity contribution in [3.63, 3.8) is 0 Å². The summed E-state index contributed by atoms with van der Waals surface area (Å²) >= 11 is 3.50. The van der Waals surface area contributed by atoms with Crippen molar-refractivity contribution < 1.29 is 4.74 Å². The molecule has 4 heteroatoms. The van der Waals surface area contributed by atoms with E-state index in [0.29, 0.717) is 0 Å². The molecule has 0 radical (unpaired) electrons. The maximum Gasteiger partial charge on any atom is 0.0593 e. The van der Waals surface area contributed by atoms with Crippen molar-refractivity contribution >= 4 is 15.9 Å². The minimum absolute atomic E-state index is 0.837. The summed E-state index contributed by atoms with van der Waals surface area (Å²) in [6.07, 6.45) is 1.29. The van der Waals surface area contributed by atoms with Crippen molar-refractivity contribution in [2.45, 2.75) is 13.3 Å². The van der Waals surface area contributed by atoms with Crippen molar-refractivity contribution in [2.24, 2.45) is 0 Å². The molecule has 90 valence electrons. The van der Waals surface area contributed by atoms with Gasteiger partial charge in [-0.2, -0.15) is 0 Å². The summed E-state index contributed by atoms with van der Waals surface area (Å²) in [4.78, 5) is 5.05. The van der Waals surface area contributed by atoms with Gasteiger partial charge in [0, 0.05) is 38.1 Å². The lowest BCUT2D eigenvalue weighted by Gasteiger charge is -2.20. The summed E-state index contributed by atoms with van der Waals surface area (Å²) in [7, 11) is 0. The number of nitrogens with zero attached hydrogens (tertiary/aromatic N) is 2. The van der Waals surface area contributed by atoms with Gasteiger partial charge < -0.3 is 9.64 Å². The van der Waals surface area contributed by atoms with E-state index in [2.05, 4.69) is 32.7 Å². The molecule has 0 aromatic rings. The molecule has 0 unspecified atom stereocenters. The van der Waals surface area contributed by atoms with Crippen LogP contribution in [0.15, 0.2) is 0 Å². The van der Waals surface area contributed by atoms with Gasteiger partial charge in [0.1, 0.15) is 0 Å². The van der Waals surface area contributed by atoms with Crippen molar-refractivity contribution in [3.05, 3.63) is 0 Å². The van der Waals surface area contributed by atoms with Crippen LogP contribution in [0.2, 0.25) is 0 Å². The predicted molar refractivity (Wildman–Crippen MR) is 67.8 cm³/mol.